The monoisotopic (exact) mass is 333 g/mol. The molecule has 1 fully saturated rings. The number of rotatable bonds is 8. The van der Waals surface area contributed by atoms with Crippen molar-refractivity contribution < 1.29 is 9.90 Å². The van der Waals surface area contributed by atoms with Crippen molar-refractivity contribution in [2.45, 2.75) is 38.8 Å². The first-order chi connectivity index (χ1) is 11.5. The molecule has 1 saturated heterocycles. The van der Waals surface area contributed by atoms with Gasteiger partial charge in [0.05, 0.1) is 12.1 Å². The van der Waals surface area contributed by atoms with Crippen LogP contribution in [0.15, 0.2) is 30.3 Å². The number of nitrogens with one attached hydrogen (secondary N) is 1. The van der Waals surface area contributed by atoms with E-state index in [-0.39, 0.29) is 5.91 Å². The number of piperazine rings is 1. The van der Waals surface area contributed by atoms with Crippen molar-refractivity contribution in [3.05, 3.63) is 35.9 Å². The molecule has 0 aliphatic carbocycles. The van der Waals surface area contributed by atoms with E-state index in [4.69, 9.17) is 0 Å². The van der Waals surface area contributed by atoms with Crippen LogP contribution >= 0.6 is 0 Å². The summed E-state index contributed by atoms with van der Waals surface area (Å²) < 4.78 is 0. The number of carbonyl (C=O) groups is 1. The highest BCUT2D eigenvalue weighted by molar-refractivity contribution is 5.78. The van der Waals surface area contributed by atoms with Gasteiger partial charge in [0.2, 0.25) is 5.91 Å². The van der Waals surface area contributed by atoms with Crippen LogP contribution in [0.5, 0.6) is 0 Å². The third kappa shape index (κ3) is 5.89. The van der Waals surface area contributed by atoms with Crippen molar-refractivity contribution in [2.24, 2.45) is 0 Å². The van der Waals surface area contributed by atoms with E-state index in [1.807, 2.05) is 19.9 Å². The lowest BCUT2D eigenvalue weighted by atomic mass is 9.98. The van der Waals surface area contributed by atoms with Crippen molar-refractivity contribution >= 4 is 5.91 Å². The Kier molecular flexibility index (Phi) is 7.21. The van der Waals surface area contributed by atoms with E-state index < -0.39 is 5.60 Å². The highest BCUT2D eigenvalue weighted by Gasteiger charge is 2.24. The Hall–Kier alpha value is -1.43. The van der Waals surface area contributed by atoms with Gasteiger partial charge in [-0.05, 0) is 18.4 Å². The molecule has 0 unspecified atom stereocenters. The maximum absolute atomic E-state index is 12.1. The molecule has 0 saturated carbocycles. The quantitative estimate of drug-likeness (QED) is 0.756. The smallest absolute Gasteiger partial charge is 0.234 e. The second-order valence-corrected chi connectivity index (χ2v) is 6.75. The van der Waals surface area contributed by atoms with Crippen LogP contribution in [0.3, 0.4) is 0 Å². The number of aliphatic hydroxyl groups is 1. The molecule has 134 valence electrons. The highest BCUT2D eigenvalue weighted by Crippen LogP contribution is 2.13. The molecule has 0 bridgehead atoms. The summed E-state index contributed by atoms with van der Waals surface area (Å²) in [6.07, 6.45) is 1.31. The maximum Gasteiger partial charge on any atom is 0.234 e. The lowest BCUT2D eigenvalue weighted by Crippen LogP contribution is -2.50. The largest absolute Gasteiger partial charge is 0.388 e. The van der Waals surface area contributed by atoms with Crippen LogP contribution in [0, 0.1) is 0 Å². The van der Waals surface area contributed by atoms with Crippen LogP contribution in [0.1, 0.15) is 32.3 Å². The van der Waals surface area contributed by atoms with Crippen molar-refractivity contribution in [3.8, 4) is 0 Å². The van der Waals surface area contributed by atoms with Crippen LogP contribution in [0.2, 0.25) is 0 Å². The average Bonchev–Trinajstić information content (AvgIpc) is 2.62. The predicted octanol–water partition coefficient (Wildman–Crippen LogP) is 1.47. The van der Waals surface area contributed by atoms with Crippen molar-refractivity contribution in [3.63, 3.8) is 0 Å². The fourth-order valence-corrected chi connectivity index (χ4v) is 2.97. The van der Waals surface area contributed by atoms with Crippen LogP contribution in [-0.4, -0.2) is 65.7 Å². The molecule has 5 heteroatoms. The zero-order valence-corrected chi connectivity index (χ0v) is 15.0. The molecule has 0 aromatic heterocycles. The standard InChI is InChI=1S/C19H31N3O2/c1-3-19(24,4-2)16-20-18(23)15-22-12-10-21(11-13-22)14-17-8-6-5-7-9-17/h5-9,24H,3-4,10-16H2,1-2H3,(H,20,23). The maximum atomic E-state index is 12.1. The van der Waals surface area contributed by atoms with Gasteiger partial charge in [0, 0.05) is 39.3 Å². The topological polar surface area (TPSA) is 55.8 Å². The minimum Gasteiger partial charge on any atom is -0.388 e. The van der Waals surface area contributed by atoms with E-state index in [2.05, 4.69) is 39.4 Å². The van der Waals surface area contributed by atoms with Crippen molar-refractivity contribution in [1.29, 1.82) is 0 Å². The van der Waals surface area contributed by atoms with E-state index in [0.717, 1.165) is 32.7 Å². The van der Waals surface area contributed by atoms with E-state index in [1.165, 1.54) is 5.56 Å². The Morgan fingerprint density at radius 1 is 1.08 bits per heavy atom. The molecule has 24 heavy (non-hydrogen) atoms. The molecule has 1 aliphatic rings. The molecule has 0 spiro atoms. The van der Waals surface area contributed by atoms with Gasteiger partial charge in [0.1, 0.15) is 0 Å². The normalized spacial score (nSPS) is 17.0. The lowest BCUT2D eigenvalue weighted by molar-refractivity contribution is -0.124. The Morgan fingerprint density at radius 2 is 1.67 bits per heavy atom. The van der Waals surface area contributed by atoms with Crippen LogP contribution in [0.4, 0.5) is 0 Å². The zero-order chi connectivity index (χ0) is 17.4. The second-order valence-electron chi connectivity index (χ2n) is 6.75. The molecule has 0 atom stereocenters. The van der Waals surface area contributed by atoms with Crippen molar-refractivity contribution in [1.82, 2.24) is 15.1 Å². The number of nitrogens with zero attached hydrogens (tertiary/aromatic N) is 2. The fourth-order valence-electron chi connectivity index (χ4n) is 2.97. The van der Waals surface area contributed by atoms with Gasteiger partial charge in [0.25, 0.3) is 0 Å². The Labute approximate surface area is 145 Å². The van der Waals surface area contributed by atoms with E-state index in [1.54, 1.807) is 0 Å². The summed E-state index contributed by atoms with van der Waals surface area (Å²) in [6.45, 7) is 9.41. The third-order valence-electron chi connectivity index (χ3n) is 5.01. The number of benzene rings is 1. The van der Waals surface area contributed by atoms with Crippen LogP contribution in [0.25, 0.3) is 0 Å². The Bertz CT molecular complexity index is 495. The number of hydrogen-bond acceptors (Lipinski definition) is 4. The van der Waals surface area contributed by atoms with Crippen LogP contribution < -0.4 is 5.32 Å². The third-order valence-corrected chi connectivity index (χ3v) is 5.01. The summed E-state index contributed by atoms with van der Waals surface area (Å²) in [5.74, 6) is 0.00633. The SMILES string of the molecule is CCC(O)(CC)CNC(=O)CN1CCN(Cc2ccccc2)CC1. The number of carbonyl (C=O) groups excluding carboxylic acids is 1. The number of amides is 1. The van der Waals surface area contributed by atoms with Gasteiger partial charge in [-0.2, -0.15) is 0 Å². The summed E-state index contributed by atoms with van der Waals surface area (Å²) in [7, 11) is 0. The Balaban J connectivity index is 1.68. The lowest BCUT2D eigenvalue weighted by Gasteiger charge is -2.34. The molecule has 1 heterocycles. The van der Waals surface area contributed by atoms with Gasteiger partial charge < -0.3 is 10.4 Å². The molecule has 1 aliphatic heterocycles. The van der Waals surface area contributed by atoms with Gasteiger partial charge in [0.15, 0.2) is 0 Å². The van der Waals surface area contributed by atoms with Gasteiger partial charge >= 0.3 is 0 Å². The minimum absolute atomic E-state index is 0.00633. The van der Waals surface area contributed by atoms with Crippen LogP contribution in [-0.2, 0) is 11.3 Å². The first-order valence-electron chi connectivity index (χ1n) is 9.02. The first kappa shape index (κ1) is 18.9. The van der Waals surface area contributed by atoms with Gasteiger partial charge in [-0.1, -0.05) is 44.2 Å². The van der Waals surface area contributed by atoms with E-state index in [0.29, 0.717) is 25.9 Å². The summed E-state index contributed by atoms with van der Waals surface area (Å²) >= 11 is 0. The van der Waals surface area contributed by atoms with Crippen molar-refractivity contribution in [2.75, 3.05) is 39.3 Å². The molecule has 5 nitrogen and oxygen atoms in total. The summed E-state index contributed by atoms with van der Waals surface area (Å²) in [6, 6.07) is 10.5. The number of hydrogen-bond donors (Lipinski definition) is 2. The summed E-state index contributed by atoms with van der Waals surface area (Å²) in [4.78, 5) is 16.7. The highest BCUT2D eigenvalue weighted by atomic mass is 16.3. The summed E-state index contributed by atoms with van der Waals surface area (Å²) in [5.41, 5.74) is 0.562. The summed E-state index contributed by atoms with van der Waals surface area (Å²) in [5, 5.41) is 13.1. The molecular weight excluding hydrogens is 302 g/mol. The molecule has 1 amide bonds. The van der Waals surface area contributed by atoms with Gasteiger partial charge in [-0.25, -0.2) is 0 Å². The van der Waals surface area contributed by atoms with E-state index in [9.17, 15) is 9.90 Å². The van der Waals surface area contributed by atoms with Gasteiger partial charge in [-0.15, -0.1) is 0 Å². The molecule has 0 radical (unpaired) electrons. The van der Waals surface area contributed by atoms with E-state index >= 15 is 0 Å². The zero-order valence-electron chi connectivity index (χ0n) is 15.0. The Morgan fingerprint density at radius 3 is 2.25 bits per heavy atom. The molecule has 1 aromatic carbocycles. The molecule has 1 aromatic rings. The molecule has 2 N–H and O–H groups in total. The first-order valence-corrected chi connectivity index (χ1v) is 9.02. The van der Waals surface area contributed by atoms with Gasteiger partial charge in [-0.3, -0.25) is 14.6 Å². The fraction of sp³-hybridized carbons (Fsp3) is 0.632. The molecular formula is C19H31N3O2. The average molecular weight is 333 g/mol. The second kappa shape index (κ2) is 9.16. The minimum atomic E-state index is -0.774. The predicted molar refractivity (Wildman–Crippen MR) is 96.7 cm³/mol. The molecule has 2 rings (SSSR count).